The highest BCUT2D eigenvalue weighted by Gasteiger charge is 2.27. The van der Waals surface area contributed by atoms with Crippen LogP contribution in [0.1, 0.15) is 194 Å². The van der Waals surface area contributed by atoms with Crippen molar-refractivity contribution < 1.29 is 42.1 Å². The van der Waals surface area contributed by atoms with Gasteiger partial charge in [0.25, 0.3) is 0 Å². The van der Waals surface area contributed by atoms with E-state index in [1.165, 1.54) is 109 Å². The van der Waals surface area contributed by atoms with Crippen molar-refractivity contribution in [2.75, 3.05) is 47.5 Å². The lowest BCUT2D eigenvalue weighted by Crippen LogP contribution is -2.37. The summed E-state index contributed by atoms with van der Waals surface area (Å²) in [4.78, 5) is 35.4. The van der Waals surface area contributed by atoms with Gasteiger partial charge in [-0.05, 0) is 64.2 Å². The number of hydrogen-bond donors (Lipinski definition) is 1. The number of hydrogen-bond acceptors (Lipinski definition) is 7. The third-order valence-electron chi connectivity index (χ3n) is 9.64. The van der Waals surface area contributed by atoms with Crippen LogP contribution in [-0.2, 0) is 32.7 Å². The second-order valence-electron chi connectivity index (χ2n) is 16.4. The highest BCUT2D eigenvalue weighted by Crippen LogP contribution is 2.43. The first kappa shape index (κ1) is 54.2. The monoisotopic (exact) mass is 813 g/mol. The largest absolute Gasteiger partial charge is 0.472 e. The standard InChI is InChI=1S/C46H86NO8P/c1-6-8-10-12-14-16-18-20-22-23-25-26-28-30-32-34-36-38-45(48)52-42-44(43-54-56(50,51)53-41-40-47(3,4)5)55-46(49)39-37-35-33-31-29-27-24-21-19-17-15-13-11-9-7-2/h17,19,25-26,30,32,44H,6-16,18,20-24,27-29,31,33-43H2,1-5H3/p+1/b19-17+,26-25+,32-30+/t44-/m1/s1. The predicted octanol–water partition coefficient (Wildman–Crippen LogP) is 12.9. The number of carbonyl (C=O) groups excluding carboxylic acids is 2. The SMILES string of the molecule is CCCCCC/C=C/CCCCCCCCCC(=O)O[C@H](COC(=O)CCC/C=C/C/C=C/CCCCCCCCCCC)COP(=O)(O)OCC[N+](C)(C)C. The molecule has 328 valence electrons. The van der Waals surface area contributed by atoms with E-state index in [1.807, 2.05) is 21.1 Å². The number of nitrogens with zero attached hydrogens (tertiary/aromatic N) is 1. The molecule has 10 heteroatoms. The molecule has 0 aliphatic heterocycles. The number of phosphoric acid groups is 1. The van der Waals surface area contributed by atoms with Gasteiger partial charge in [0, 0.05) is 12.8 Å². The molecule has 9 nitrogen and oxygen atoms in total. The second kappa shape index (κ2) is 38.7. The molecule has 1 N–H and O–H groups in total. The average Bonchev–Trinajstić information content (AvgIpc) is 3.15. The number of allylic oxidation sites excluding steroid dienone is 6. The highest BCUT2D eigenvalue weighted by atomic mass is 31.2. The number of carbonyl (C=O) groups is 2. The molecule has 0 amide bonds. The first-order valence-corrected chi connectivity index (χ1v) is 24.2. The van der Waals surface area contributed by atoms with Crippen molar-refractivity contribution in [3.63, 3.8) is 0 Å². The van der Waals surface area contributed by atoms with Gasteiger partial charge in [-0.25, -0.2) is 4.57 Å². The average molecular weight is 813 g/mol. The van der Waals surface area contributed by atoms with Gasteiger partial charge in [0.05, 0.1) is 27.7 Å². The molecule has 0 aromatic rings. The van der Waals surface area contributed by atoms with Gasteiger partial charge in [-0.15, -0.1) is 0 Å². The summed E-state index contributed by atoms with van der Waals surface area (Å²) in [5.41, 5.74) is 0. The normalized spacial score (nSPS) is 13.9. The molecule has 0 aliphatic rings. The third-order valence-corrected chi connectivity index (χ3v) is 10.6. The fourth-order valence-corrected chi connectivity index (χ4v) is 6.79. The van der Waals surface area contributed by atoms with Crippen LogP contribution in [0.2, 0.25) is 0 Å². The summed E-state index contributed by atoms with van der Waals surface area (Å²) < 4.78 is 34.3. The van der Waals surface area contributed by atoms with Crippen molar-refractivity contribution >= 4 is 19.8 Å². The molecule has 0 radical (unpaired) electrons. The van der Waals surface area contributed by atoms with Crippen LogP contribution in [0, 0.1) is 0 Å². The predicted molar refractivity (Wildman–Crippen MR) is 234 cm³/mol. The van der Waals surface area contributed by atoms with Crippen molar-refractivity contribution in [2.24, 2.45) is 0 Å². The van der Waals surface area contributed by atoms with E-state index in [4.69, 9.17) is 18.5 Å². The van der Waals surface area contributed by atoms with Crippen LogP contribution in [0.5, 0.6) is 0 Å². The topological polar surface area (TPSA) is 108 Å². The first-order chi connectivity index (χ1) is 27.0. The lowest BCUT2D eigenvalue weighted by Gasteiger charge is -2.24. The molecule has 0 saturated carbocycles. The van der Waals surface area contributed by atoms with Gasteiger partial charge in [-0.1, -0.05) is 153 Å². The number of unbranched alkanes of at least 4 members (excludes halogenated alkanes) is 21. The summed E-state index contributed by atoms with van der Waals surface area (Å²) in [7, 11) is 1.45. The van der Waals surface area contributed by atoms with Crippen LogP contribution in [0.4, 0.5) is 0 Å². The van der Waals surface area contributed by atoms with Crippen molar-refractivity contribution in [3.8, 4) is 0 Å². The molecule has 0 aliphatic carbocycles. The van der Waals surface area contributed by atoms with Crippen LogP contribution >= 0.6 is 7.82 Å². The lowest BCUT2D eigenvalue weighted by molar-refractivity contribution is -0.870. The Morgan fingerprint density at radius 3 is 1.50 bits per heavy atom. The fourth-order valence-electron chi connectivity index (χ4n) is 6.05. The van der Waals surface area contributed by atoms with Crippen LogP contribution < -0.4 is 0 Å². The number of phosphoric ester groups is 1. The zero-order valence-electron chi connectivity index (χ0n) is 36.9. The Hall–Kier alpha value is -1.77. The van der Waals surface area contributed by atoms with Crippen molar-refractivity contribution in [1.29, 1.82) is 0 Å². The van der Waals surface area contributed by atoms with Gasteiger partial charge < -0.3 is 18.9 Å². The van der Waals surface area contributed by atoms with E-state index < -0.39 is 32.5 Å². The Morgan fingerprint density at radius 2 is 0.982 bits per heavy atom. The Balaban J connectivity index is 4.40. The first-order valence-electron chi connectivity index (χ1n) is 22.7. The molecule has 0 spiro atoms. The molecular formula is C46H87NO8P+. The molecule has 0 aromatic heterocycles. The molecule has 2 atom stereocenters. The minimum Gasteiger partial charge on any atom is -0.462 e. The number of ether oxygens (including phenoxy) is 2. The maximum Gasteiger partial charge on any atom is 0.472 e. The molecule has 0 saturated heterocycles. The smallest absolute Gasteiger partial charge is 0.462 e. The number of rotatable bonds is 41. The Bertz CT molecular complexity index is 1050. The summed E-state index contributed by atoms with van der Waals surface area (Å²) >= 11 is 0. The van der Waals surface area contributed by atoms with Crippen LogP contribution in [0.15, 0.2) is 36.5 Å². The summed E-state index contributed by atoms with van der Waals surface area (Å²) in [6.45, 7) is 4.36. The van der Waals surface area contributed by atoms with E-state index in [1.54, 1.807) is 0 Å². The van der Waals surface area contributed by atoms with Gasteiger partial charge in [-0.2, -0.15) is 0 Å². The molecule has 0 aromatic carbocycles. The molecule has 0 rings (SSSR count). The number of likely N-dealkylation sites (N-methyl/N-ethyl adjacent to an activating group) is 1. The van der Waals surface area contributed by atoms with Crippen molar-refractivity contribution in [1.82, 2.24) is 0 Å². The molecule has 1 unspecified atom stereocenters. The van der Waals surface area contributed by atoms with E-state index in [2.05, 4.69) is 50.3 Å². The van der Waals surface area contributed by atoms with Gasteiger partial charge in [-0.3, -0.25) is 18.6 Å². The van der Waals surface area contributed by atoms with Crippen molar-refractivity contribution in [2.45, 2.75) is 200 Å². The van der Waals surface area contributed by atoms with Crippen molar-refractivity contribution in [3.05, 3.63) is 36.5 Å². The minimum absolute atomic E-state index is 0.0249. The van der Waals surface area contributed by atoms with E-state index in [0.29, 0.717) is 23.9 Å². The number of esters is 2. The van der Waals surface area contributed by atoms with Gasteiger partial charge in [0.1, 0.15) is 19.8 Å². The summed E-state index contributed by atoms with van der Waals surface area (Å²) in [5, 5.41) is 0. The van der Waals surface area contributed by atoms with E-state index in [9.17, 15) is 19.0 Å². The zero-order valence-corrected chi connectivity index (χ0v) is 37.8. The highest BCUT2D eigenvalue weighted by molar-refractivity contribution is 7.47. The maximum absolute atomic E-state index is 12.7. The molecule has 56 heavy (non-hydrogen) atoms. The number of quaternary nitrogens is 1. The van der Waals surface area contributed by atoms with Gasteiger partial charge in [0.2, 0.25) is 0 Å². The Kier molecular flexibility index (Phi) is 37.5. The Labute approximate surface area is 344 Å². The fraction of sp³-hybridized carbons (Fsp3) is 0.826. The van der Waals surface area contributed by atoms with E-state index in [-0.39, 0.29) is 26.1 Å². The van der Waals surface area contributed by atoms with E-state index in [0.717, 1.165) is 44.9 Å². The second-order valence-corrected chi connectivity index (χ2v) is 17.9. The van der Waals surface area contributed by atoms with Gasteiger partial charge >= 0.3 is 19.8 Å². The zero-order chi connectivity index (χ0) is 41.4. The summed E-state index contributed by atoms with van der Waals surface area (Å²) in [6.07, 6.45) is 43.4. The molecule has 0 fully saturated rings. The third kappa shape index (κ3) is 41.9. The lowest BCUT2D eigenvalue weighted by atomic mass is 10.1. The molecular weight excluding hydrogens is 725 g/mol. The van der Waals surface area contributed by atoms with Crippen LogP contribution in [0.3, 0.4) is 0 Å². The maximum atomic E-state index is 12.7. The minimum atomic E-state index is -4.38. The molecule has 0 bridgehead atoms. The quantitative estimate of drug-likeness (QED) is 0.0214. The van der Waals surface area contributed by atoms with Crippen LogP contribution in [-0.4, -0.2) is 74.9 Å². The van der Waals surface area contributed by atoms with Gasteiger partial charge in [0.15, 0.2) is 6.10 Å². The van der Waals surface area contributed by atoms with Crippen LogP contribution in [0.25, 0.3) is 0 Å². The van der Waals surface area contributed by atoms with E-state index >= 15 is 0 Å². The molecule has 0 heterocycles. The Morgan fingerprint density at radius 1 is 0.554 bits per heavy atom. The summed E-state index contributed by atoms with van der Waals surface area (Å²) in [6, 6.07) is 0. The summed E-state index contributed by atoms with van der Waals surface area (Å²) in [5.74, 6) is -0.854.